The van der Waals surface area contributed by atoms with Crippen molar-refractivity contribution >= 4 is 40.4 Å². The van der Waals surface area contributed by atoms with Gasteiger partial charge in [-0.25, -0.2) is 0 Å². The Labute approximate surface area is 148 Å². The molecule has 2 aromatic heterocycles. The topological polar surface area (TPSA) is 33.5 Å². The number of amides is 1. The molecule has 3 nitrogen and oxygen atoms in total. The maximum atomic E-state index is 12.9. The number of benzene rings is 1. The van der Waals surface area contributed by atoms with Crippen molar-refractivity contribution in [3.05, 3.63) is 80.4 Å². The van der Waals surface area contributed by atoms with E-state index in [-0.39, 0.29) is 5.91 Å². The van der Waals surface area contributed by atoms with Gasteiger partial charge in [0.15, 0.2) is 0 Å². The SMILES string of the molecule is O=C(c1cc(Cl)cc(Cl)c1)N(Cc1ccoc1)Cc1cccs1. The number of hydrogen-bond donors (Lipinski definition) is 0. The van der Waals surface area contributed by atoms with Crippen LogP contribution in [-0.2, 0) is 13.1 Å². The van der Waals surface area contributed by atoms with Crippen LogP contribution in [0.3, 0.4) is 0 Å². The number of carbonyl (C=O) groups is 1. The molecule has 1 amide bonds. The maximum absolute atomic E-state index is 12.9. The van der Waals surface area contributed by atoms with E-state index in [0.717, 1.165) is 10.4 Å². The highest BCUT2D eigenvalue weighted by Gasteiger charge is 2.18. The van der Waals surface area contributed by atoms with E-state index >= 15 is 0 Å². The number of halogens is 2. The summed E-state index contributed by atoms with van der Waals surface area (Å²) in [6, 6.07) is 10.7. The molecule has 1 aromatic carbocycles. The van der Waals surface area contributed by atoms with Crippen molar-refractivity contribution in [2.24, 2.45) is 0 Å². The quantitative estimate of drug-likeness (QED) is 0.598. The van der Waals surface area contributed by atoms with Crippen LogP contribution in [0.2, 0.25) is 10.0 Å². The largest absolute Gasteiger partial charge is 0.472 e. The Kier molecular flexibility index (Phi) is 5.06. The highest BCUT2D eigenvalue weighted by atomic mass is 35.5. The van der Waals surface area contributed by atoms with E-state index in [9.17, 15) is 4.79 Å². The molecule has 6 heteroatoms. The monoisotopic (exact) mass is 365 g/mol. The highest BCUT2D eigenvalue weighted by molar-refractivity contribution is 7.09. The predicted molar refractivity (Wildman–Crippen MR) is 93.1 cm³/mol. The summed E-state index contributed by atoms with van der Waals surface area (Å²) in [5.41, 5.74) is 1.41. The zero-order valence-electron chi connectivity index (χ0n) is 12.0. The minimum absolute atomic E-state index is 0.121. The van der Waals surface area contributed by atoms with Crippen LogP contribution in [-0.4, -0.2) is 10.8 Å². The second-order valence-corrected chi connectivity index (χ2v) is 6.94. The van der Waals surface area contributed by atoms with Gasteiger partial charge in [0.1, 0.15) is 0 Å². The summed E-state index contributed by atoms with van der Waals surface area (Å²) in [6.07, 6.45) is 3.24. The fourth-order valence-electron chi connectivity index (χ4n) is 2.25. The average molecular weight is 366 g/mol. The van der Waals surface area contributed by atoms with E-state index < -0.39 is 0 Å². The van der Waals surface area contributed by atoms with Gasteiger partial charge in [0.05, 0.1) is 19.1 Å². The molecule has 0 radical (unpaired) electrons. The van der Waals surface area contributed by atoms with Crippen molar-refractivity contribution in [3.63, 3.8) is 0 Å². The van der Waals surface area contributed by atoms with Crippen LogP contribution in [0, 0.1) is 0 Å². The number of thiophene rings is 1. The van der Waals surface area contributed by atoms with E-state index in [1.165, 1.54) is 0 Å². The highest BCUT2D eigenvalue weighted by Crippen LogP contribution is 2.22. The zero-order chi connectivity index (χ0) is 16.2. The summed E-state index contributed by atoms with van der Waals surface area (Å²) >= 11 is 13.6. The first kappa shape index (κ1) is 16.1. The van der Waals surface area contributed by atoms with Crippen molar-refractivity contribution in [1.82, 2.24) is 4.90 Å². The van der Waals surface area contributed by atoms with Crippen LogP contribution in [0.4, 0.5) is 0 Å². The molecule has 0 N–H and O–H groups in total. The third-order valence-corrected chi connectivity index (χ3v) is 4.57. The first-order valence-corrected chi connectivity index (χ1v) is 8.54. The van der Waals surface area contributed by atoms with Crippen molar-refractivity contribution < 1.29 is 9.21 Å². The minimum Gasteiger partial charge on any atom is -0.472 e. The summed E-state index contributed by atoms with van der Waals surface area (Å²) in [4.78, 5) is 15.7. The summed E-state index contributed by atoms with van der Waals surface area (Å²) < 4.78 is 5.10. The van der Waals surface area contributed by atoms with E-state index in [2.05, 4.69) is 0 Å². The normalized spacial score (nSPS) is 10.7. The Bertz CT molecular complexity index is 729. The molecule has 0 atom stereocenters. The van der Waals surface area contributed by atoms with Gasteiger partial charge in [0, 0.05) is 32.6 Å². The zero-order valence-corrected chi connectivity index (χ0v) is 14.4. The lowest BCUT2D eigenvalue weighted by Crippen LogP contribution is -2.29. The Morgan fingerprint density at radius 1 is 1.13 bits per heavy atom. The fourth-order valence-corrected chi connectivity index (χ4v) is 3.50. The molecule has 0 saturated heterocycles. The van der Waals surface area contributed by atoms with Gasteiger partial charge in [0.25, 0.3) is 5.91 Å². The molecule has 0 unspecified atom stereocenters. The molecule has 2 heterocycles. The lowest BCUT2D eigenvalue weighted by Gasteiger charge is -2.22. The number of rotatable bonds is 5. The van der Waals surface area contributed by atoms with Crippen molar-refractivity contribution in [3.8, 4) is 0 Å². The molecule has 23 heavy (non-hydrogen) atoms. The van der Waals surface area contributed by atoms with Crippen LogP contribution in [0.5, 0.6) is 0 Å². The molecular weight excluding hydrogens is 353 g/mol. The maximum Gasteiger partial charge on any atom is 0.254 e. The van der Waals surface area contributed by atoms with Gasteiger partial charge < -0.3 is 9.32 Å². The minimum atomic E-state index is -0.121. The first-order chi connectivity index (χ1) is 11.1. The van der Waals surface area contributed by atoms with E-state index in [0.29, 0.717) is 28.7 Å². The van der Waals surface area contributed by atoms with Crippen LogP contribution in [0.15, 0.2) is 58.7 Å². The van der Waals surface area contributed by atoms with Gasteiger partial charge in [-0.05, 0) is 35.7 Å². The van der Waals surface area contributed by atoms with Gasteiger partial charge in [-0.1, -0.05) is 29.3 Å². The molecule has 0 saturated carbocycles. The Balaban J connectivity index is 1.88. The molecule has 0 bridgehead atoms. The second kappa shape index (κ2) is 7.21. The molecule has 0 aliphatic heterocycles. The third kappa shape index (κ3) is 4.16. The predicted octanol–water partition coefficient (Wildman–Crippen LogP) is 5.49. The van der Waals surface area contributed by atoms with Gasteiger partial charge in [-0.3, -0.25) is 4.79 Å². The van der Waals surface area contributed by atoms with Gasteiger partial charge in [0.2, 0.25) is 0 Å². The smallest absolute Gasteiger partial charge is 0.254 e. The average Bonchev–Trinajstić information content (AvgIpc) is 3.18. The number of carbonyl (C=O) groups excluding carboxylic acids is 1. The van der Waals surface area contributed by atoms with Crippen LogP contribution >= 0.6 is 34.5 Å². The molecular formula is C17H13Cl2NO2S. The Morgan fingerprint density at radius 3 is 2.52 bits per heavy atom. The van der Waals surface area contributed by atoms with Crippen molar-refractivity contribution in [1.29, 1.82) is 0 Å². The van der Waals surface area contributed by atoms with Crippen LogP contribution in [0.25, 0.3) is 0 Å². The Morgan fingerprint density at radius 2 is 1.91 bits per heavy atom. The third-order valence-electron chi connectivity index (χ3n) is 3.28. The lowest BCUT2D eigenvalue weighted by atomic mass is 10.2. The van der Waals surface area contributed by atoms with Crippen LogP contribution in [0.1, 0.15) is 20.8 Å². The molecule has 118 valence electrons. The number of hydrogen-bond acceptors (Lipinski definition) is 3. The Hall–Kier alpha value is -1.75. The van der Waals surface area contributed by atoms with Gasteiger partial charge >= 0.3 is 0 Å². The van der Waals surface area contributed by atoms with E-state index in [1.807, 2.05) is 23.6 Å². The van der Waals surface area contributed by atoms with E-state index in [4.69, 9.17) is 27.6 Å². The second-order valence-electron chi connectivity index (χ2n) is 5.03. The molecule has 0 aliphatic carbocycles. The fraction of sp³-hybridized carbons (Fsp3) is 0.118. The molecule has 3 aromatic rings. The number of nitrogens with zero attached hydrogens (tertiary/aromatic N) is 1. The first-order valence-electron chi connectivity index (χ1n) is 6.90. The van der Waals surface area contributed by atoms with E-state index in [1.54, 1.807) is 47.0 Å². The summed E-state index contributed by atoms with van der Waals surface area (Å²) in [7, 11) is 0. The molecule has 0 fully saturated rings. The summed E-state index contributed by atoms with van der Waals surface area (Å²) in [5, 5.41) is 2.88. The van der Waals surface area contributed by atoms with Crippen molar-refractivity contribution in [2.75, 3.05) is 0 Å². The van der Waals surface area contributed by atoms with Gasteiger partial charge in [-0.15, -0.1) is 11.3 Å². The summed E-state index contributed by atoms with van der Waals surface area (Å²) in [5.74, 6) is -0.121. The van der Waals surface area contributed by atoms with Crippen molar-refractivity contribution in [2.45, 2.75) is 13.1 Å². The molecule has 0 aliphatic rings. The standard InChI is InChI=1S/C17H13Cl2NO2S/c18-14-6-13(7-15(19)8-14)17(21)20(9-12-3-4-22-11-12)10-16-2-1-5-23-16/h1-8,11H,9-10H2. The van der Waals surface area contributed by atoms with Gasteiger partial charge in [-0.2, -0.15) is 0 Å². The molecule has 0 spiro atoms. The molecule has 3 rings (SSSR count). The summed E-state index contributed by atoms with van der Waals surface area (Å²) in [6.45, 7) is 0.975. The number of furan rings is 1. The lowest BCUT2D eigenvalue weighted by molar-refractivity contribution is 0.0731. The van der Waals surface area contributed by atoms with Crippen LogP contribution < -0.4 is 0 Å².